The van der Waals surface area contributed by atoms with E-state index in [9.17, 15) is 9.59 Å². The highest BCUT2D eigenvalue weighted by molar-refractivity contribution is 8.00. The molecule has 1 aromatic heterocycles. The number of hydrogen-bond acceptors (Lipinski definition) is 6. The van der Waals surface area contributed by atoms with Crippen molar-refractivity contribution in [2.75, 3.05) is 5.32 Å². The van der Waals surface area contributed by atoms with Gasteiger partial charge in [-0.05, 0) is 70.4 Å². The number of amides is 1. The van der Waals surface area contributed by atoms with Crippen LogP contribution >= 0.6 is 11.8 Å². The predicted octanol–water partition coefficient (Wildman–Crippen LogP) is 6.44. The first-order valence-corrected chi connectivity index (χ1v) is 12.7. The van der Waals surface area contributed by atoms with E-state index in [1.807, 2.05) is 30.5 Å². The number of ether oxygens (including phenoxy) is 1. The van der Waals surface area contributed by atoms with Gasteiger partial charge in [-0.25, -0.2) is 0 Å². The molecule has 0 fully saturated rings. The lowest BCUT2D eigenvalue weighted by Crippen LogP contribution is -2.23. The summed E-state index contributed by atoms with van der Waals surface area (Å²) >= 11 is 1.34. The van der Waals surface area contributed by atoms with Gasteiger partial charge in [-0.3, -0.25) is 9.59 Å². The number of Topliss-reactive ketones (excluding diaryl/α,β-unsaturated/α-hetero) is 1. The predicted molar refractivity (Wildman–Crippen MR) is 140 cm³/mol. The summed E-state index contributed by atoms with van der Waals surface area (Å²) in [5.74, 6) is 1.72. The van der Waals surface area contributed by atoms with Gasteiger partial charge in [-0.2, -0.15) is 0 Å². The Morgan fingerprint density at radius 2 is 1.66 bits per heavy atom. The Morgan fingerprint density at radius 3 is 2.26 bits per heavy atom. The van der Waals surface area contributed by atoms with Crippen molar-refractivity contribution >= 4 is 29.1 Å². The molecule has 186 valence electrons. The Balaban J connectivity index is 1.72. The van der Waals surface area contributed by atoms with Crippen LogP contribution in [0.25, 0.3) is 0 Å². The first-order valence-electron chi connectivity index (χ1n) is 11.9. The molecule has 1 N–H and O–H groups in total. The molecule has 0 aliphatic carbocycles. The molecule has 3 aromatic rings. The highest BCUT2D eigenvalue weighted by Gasteiger charge is 2.25. The highest BCUT2D eigenvalue weighted by Crippen LogP contribution is 2.30. The van der Waals surface area contributed by atoms with E-state index in [4.69, 9.17) is 4.74 Å². The van der Waals surface area contributed by atoms with Crippen LogP contribution in [0.3, 0.4) is 0 Å². The van der Waals surface area contributed by atoms with Gasteiger partial charge in [-0.1, -0.05) is 49.9 Å². The number of aromatic nitrogens is 3. The normalized spacial score (nSPS) is 13.1. The molecular weight excluding hydrogens is 460 g/mol. The lowest BCUT2D eigenvalue weighted by atomic mass is 10.0. The third kappa shape index (κ3) is 6.72. The lowest BCUT2D eigenvalue weighted by molar-refractivity contribution is -0.115. The number of benzene rings is 2. The average Bonchev–Trinajstić information content (AvgIpc) is 3.23. The molecular formula is C27H34N4O3S. The summed E-state index contributed by atoms with van der Waals surface area (Å²) in [7, 11) is 0. The Hall–Kier alpha value is -3.13. The van der Waals surface area contributed by atoms with Crippen LogP contribution in [-0.2, 0) is 4.79 Å². The monoisotopic (exact) mass is 494 g/mol. The standard InChI is InChI=1S/C27H34N4O3S/c1-16(2)21-11-13-24(14-12-21)34-19(6)25-29-30-27(31(25)17(3)4)35-20(7)26(33)28-23-10-8-9-22(15-23)18(5)32/h8-17,19-20H,1-7H3,(H,28,33). The van der Waals surface area contributed by atoms with Gasteiger partial charge in [0.15, 0.2) is 22.9 Å². The molecule has 2 atom stereocenters. The number of hydrogen-bond donors (Lipinski definition) is 1. The van der Waals surface area contributed by atoms with Gasteiger partial charge >= 0.3 is 0 Å². The van der Waals surface area contributed by atoms with E-state index in [2.05, 4.69) is 55.3 Å². The Labute approximate surface area is 211 Å². The zero-order chi connectivity index (χ0) is 25.7. The van der Waals surface area contributed by atoms with E-state index < -0.39 is 5.25 Å². The summed E-state index contributed by atoms with van der Waals surface area (Å²) in [4.78, 5) is 24.5. The number of anilines is 1. The summed E-state index contributed by atoms with van der Waals surface area (Å²) in [6, 6.07) is 15.1. The third-order valence-corrected chi connectivity index (χ3v) is 6.68. The smallest absolute Gasteiger partial charge is 0.237 e. The van der Waals surface area contributed by atoms with Crippen LogP contribution in [0.4, 0.5) is 5.69 Å². The molecule has 2 aromatic carbocycles. The summed E-state index contributed by atoms with van der Waals surface area (Å²) < 4.78 is 8.17. The fraction of sp³-hybridized carbons (Fsp3) is 0.407. The fourth-order valence-corrected chi connectivity index (χ4v) is 4.58. The number of carbonyl (C=O) groups is 2. The van der Waals surface area contributed by atoms with Crippen LogP contribution in [0, 0.1) is 0 Å². The number of nitrogens with one attached hydrogen (secondary N) is 1. The number of ketones is 1. The molecule has 3 rings (SSSR count). The maximum absolute atomic E-state index is 12.8. The van der Waals surface area contributed by atoms with Gasteiger partial charge in [0.05, 0.1) is 5.25 Å². The number of thioether (sulfide) groups is 1. The van der Waals surface area contributed by atoms with E-state index in [1.54, 1.807) is 24.3 Å². The topological polar surface area (TPSA) is 86.1 Å². The second kappa shape index (κ2) is 11.5. The first-order chi connectivity index (χ1) is 16.6. The van der Waals surface area contributed by atoms with Gasteiger partial charge in [0.2, 0.25) is 5.91 Å². The Kier molecular flexibility index (Phi) is 8.72. The van der Waals surface area contributed by atoms with Gasteiger partial charge < -0.3 is 14.6 Å². The van der Waals surface area contributed by atoms with Gasteiger partial charge in [-0.15, -0.1) is 10.2 Å². The second-order valence-electron chi connectivity index (χ2n) is 9.17. The SMILES string of the molecule is CC(=O)c1cccc(NC(=O)C(C)Sc2nnc(C(C)Oc3ccc(C(C)C)cc3)n2C(C)C)c1. The van der Waals surface area contributed by atoms with Crippen molar-refractivity contribution in [1.82, 2.24) is 14.8 Å². The van der Waals surface area contributed by atoms with Gasteiger partial charge in [0.1, 0.15) is 5.75 Å². The molecule has 0 aliphatic heterocycles. The molecule has 0 saturated heterocycles. The second-order valence-corrected chi connectivity index (χ2v) is 10.5. The first kappa shape index (κ1) is 26.5. The zero-order valence-electron chi connectivity index (χ0n) is 21.4. The fourth-order valence-electron chi connectivity index (χ4n) is 3.59. The van der Waals surface area contributed by atoms with E-state index in [0.29, 0.717) is 28.1 Å². The maximum Gasteiger partial charge on any atom is 0.237 e. The van der Waals surface area contributed by atoms with Crippen molar-refractivity contribution in [2.45, 2.75) is 76.9 Å². The minimum atomic E-state index is -0.426. The quantitative estimate of drug-likeness (QED) is 0.258. The largest absolute Gasteiger partial charge is 0.483 e. The van der Waals surface area contributed by atoms with E-state index >= 15 is 0 Å². The molecule has 0 spiro atoms. The molecule has 0 bridgehead atoms. The summed E-state index contributed by atoms with van der Waals surface area (Å²) in [5.41, 5.74) is 2.40. The molecule has 7 nitrogen and oxygen atoms in total. The van der Waals surface area contributed by atoms with Crippen LogP contribution < -0.4 is 10.1 Å². The average molecular weight is 495 g/mol. The number of nitrogens with zero attached hydrogens (tertiary/aromatic N) is 3. The van der Waals surface area contributed by atoms with Crippen LogP contribution in [-0.4, -0.2) is 31.7 Å². The van der Waals surface area contributed by atoms with Crippen molar-refractivity contribution in [3.05, 3.63) is 65.5 Å². The molecule has 0 aliphatic rings. The van der Waals surface area contributed by atoms with E-state index in [1.165, 1.54) is 24.2 Å². The van der Waals surface area contributed by atoms with Crippen molar-refractivity contribution in [1.29, 1.82) is 0 Å². The van der Waals surface area contributed by atoms with Crippen LogP contribution in [0.15, 0.2) is 53.7 Å². The zero-order valence-corrected chi connectivity index (χ0v) is 22.2. The summed E-state index contributed by atoms with van der Waals surface area (Å²) in [6.07, 6.45) is -0.317. The van der Waals surface area contributed by atoms with Gasteiger partial charge in [0, 0.05) is 17.3 Å². The molecule has 35 heavy (non-hydrogen) atoms. The van der Waals surface area contributed by atoms with Crippen LogP contribution in [0.2, 0.25) is 0 Å². The van der Waals surface area contributed by atoms with E-state index in [0.717, 1.165) is 5.75 Å². The molecule has 1 amide bonds. The Morgan fingerprint density at radius 1 is 0.971 bits per heavy atom. The number of rotatable bonds is 10. The lowest BCUT2D eigenvalue weighted by Gasteiger charge is -2.20. The maximum atomic E-state index is 12.8. The van der Waals surface area contributed by atoms with Gasteiger partial charge in [0.25, 0.3) is 0 Å². The van der Waals surface area contributed by atoms with Crippen molar-refractivity contribution < 1.29 is 14.3 Å². The highest BCUT2D eigenvalue weighted by atomic mass is 32.2. The van der Waals surface area contributed by atoms with Crippen molar-refractivity contribution in [2.24, 2.45) is 0 Å². The Bertz CT molecular complexity index is 1170. The van der Waals surface area contributed by atoms with Crippen LogP contribution in [0.1, 0.15) is 88.3 Å². The molecule has 0 saturated carbocycles. The van der Waals surface area contributed by atoms with E-state index in [-0.39, 0.29) is 23.8 Å². The molecule has 2 unspecified atom stereocenters. The molecule has 1 heterocycles. The van der Waals surface area contributed by atoms with Crippen molar-refractivity contribution in [3.8, 4) is 5.75 Å². The molecule has 8 heteroatoms. The number of carbonyl (C=O) groups excluding carboxylic acids is 2. The molecule has 0 radical (unpaired) electrons. The van der Waals surface area contributed by atoms with Crippen LogP contribution in [0.5, 0.6) is 5.75 Å². The summed E-state index contributed by atoms with van der Waals surface area (Å²) in [5, 5.41) is 11.9. The third-order valence-electron chi connectivity index (χ3n) is 5.62. The van der Waals surface area contributed by atoms with Crippen molar-refractivity contribution in [3.63, 3.8) is 0 Å². The minimum absolute atomic E-state index is 0.0479. The minimum Gasteiger partial charge on any atom is -0.483 e. The summed E-state index contributed by atoms with van der Waals surface area (Å²) in [6.45, 7) is 13.7.